The molecule has 1 aliphatic heterocycles. The van der Waals surface area contributed by atoms with E-state index >= 15 is 0 Å². The molecule has 8 heteroatoms. The largest absolute Gasteiger partial charge is 0.359 e. The fourth-order valence-electron chi connectivity index (χ4n) is 4.53. The quantitative estimate of drug-likeness (QED) is 0.532. The van der Waals surface area contributed by atoms with Crippen molar-refractivity contribution < 1.29 is 14.7 Å². The normalized spacial score (nSPS) is 28.0. The lowest BCUT2D eigenvalue weighted by Gasteiger charge is -2.44. The molecule has 4 rings (SSSR count). The van der Waals surface area contributed by atoms with E-state index in [4.69, 9.17) is 11.6 Å². The Kier molecular flexibility index (Phi) is 6.03. The number of fused-ring (bicyclic) bond motifs is 1. The number of amides is 3. The fraction of sp³-hybridized carbons (Fsp3) is 0.391. The molecule has 2 aromatic rings. The maximum Gasteiger partial charge on any atom is 0.329 e. The molecule has 31 heavy (non-hydrogen) atoms. The van der Waals surface area contributed by atoms with Gasteiger partial charge in [0.25, 0.3) is 11.6 Å². The van der Waals surface area contributed by atoms with Crippen molar-refractivity contribution in [3.63, 3.8) is 0 Å². The van der Waals surface area contributed by atoms with Crippen LogP contribution in [-0.2, 0) is 10.5 Å². The van der Waals surface area contributed by atoms with E-state index in [-0.39, 0.29) is 12.0 Å². The number of aliphatic hydroxyl groups is 1. The van der Waals surface area contributed by atoms with Gasteiger partial charge >= 0.3 is 6.03 Å². The summed E-state index contributed by atoms with van der Waals surface area (Å²) in [4.78, 5) is 27.9. The van der Waals surface area contributed by atoms with Gasteiger partial charge in [0.1, 0.15) is 0 Å². The summed E-state index contributed by atoms with van der Waals surface area (Å²) in [5.74, 6) is 0.115. The van der Waals surface area contributed by atoms with Gasteiger partial charge in [-0.2, -0.15) is 0 Å². The zero-order valence-electron chi connectivity index (χ0n) is 17.4. The van der Waals surface area contributed by atoms with Crippen LogP contribution in [0.1, 0.15) is 38.7 Å². The molecule has 2 aliphatic rings. The number of halogens is 2. The SMILES string of the molecule is C[C@@H]1[C@H](C)CCC[C@H]1NC(=O)[C@]1(O)c2cc(Br)ccc2NC(=O)N1c1ccc(Cl)cc1. The molecule has 0 unspecified atom stereocenters. The van der Waals surface area contributed by atoms with E-state index in [0.29, 0.717) is 32.4 Å². The van der Waals surface area contributed by atoms with Crippen molar-refractivity contribution in [2.45, 2.75) is 44.9 Å². The molecule has 1 heterocycles. The Morgan fingerprint density at radius 3 is 2.65 bits per heavy atom. The van der Waals surface area contributed by atoms with Gasteiger partial charge in [-0.05, 0) is 60.7 Å². The minimum atomic E-state index is -2.23. The molecule has 1 fully saturated rings. The van der Waals surface area contributed by atoms with E-state index in [1.165, 1.54) is 0 Å². The Morgan fingerprint density at radius 1 is 1.23 bits per heavy atom. The first kappa shape index (κ1) is 22.1. The third-order valence-corrected chi connectivity index (χ3v) is 7.30. The third-order valence-electron chi connectivity index (χ3n) is 6.55. The number of urea groups is 1. The maximum atomic E-state index is 13.7. The van der Waals surface area contributed by atoms with Crippen LogP contribution in [0.4, 0.5) is 16.2 Å². The van der Waals surface area contributed by atoms with Crippen LogP contribution in [-0.4, -0.2) is 23.1 Å². The molecule has 0 saturated heterocycles. The first-order valence-corrected chi connectivity index (χ1v) is 11.6. The van der Waals surface area contributed by atoms with Crippen LogP contribution in [0.15, 0.2) is 46.9 Å². The summed E-state index contributed by atoms with van der Waals surface area (Å²) >= 11 is 9.43. The molecule has 3 N–H and O–H groups in total. The van der Waals surface area contributed by atoms with E-state index in [1.807, 2.05) is 0 Å². The molecule has 164 valence electrons. The predicted molar refractivity (Wildman–Crippen MR) is 125 cm³/mol. The van der Waals surface area contributed by atoms with Crippen LogP contribution < -0.4 is 15.5 Å². The number of carbonyl (C=O) groups excluding carboxylic acids is 2. The Balaban J connectivity index is 1.80. The zero-order valence-corrected chi connectivity index (χ0v) is 19.7. The van der Waals surface area contributed by atoms with Gasteiger partial charge in [-0.3, -0.25) is 9.69 Å². The van der Waals surface area contributed by atoms with Gasteiger partial charge in [-0.15, -0.1) is 0 Å². The number of carbonyl (C=O) groups is 2. The number of nitrogens with zero attached hydrogens (tertiary/aromatic N) is 1. The highest BCUT2D eigenvalue weighted by Crippen LogP contribution is 2.42. The monoisotopic (exact) mass is 505 g/mol. The van der Waals surface area contributed by atoms with E-state index < -0.39 is 17.7 Å². The summed E-state index contributed by atoms with van der Waals surface area (Å²) < 4.78 is 0.685. The molecule has 3 amide bonds. The second-order valence-corrected chi connectivity index (χ2v) is 9.80. The molecule has 6 nitrogen and oxygen atoms in total. The average molecular weight is 507 g/mol. The Hall–Kier alpha value is -2.09. The maximum absolute atomic E-state index is 13.7. The second-order valence-electron chi connectivity index (χ2n) is 8.45. The molecule has 1 saturated carbocycles. The van der Waals surface area contributed by atoms with E-state index in [2.05, 4.69) is 40.4 Å². The summed E-state index contributed by atoms with van der Waals surface area (Å²) in [5, 5.41) is 18.3. The van der Waals surface area contributed by atoms with Gasteiger partial charge < -0.3 is 15.7 Å². The lowest BCUT2D eigenvalue weighted by atomic mass is 9.78. The first-order valence-electron chi connectivity index (χ1n) is 10.4. The van der Waals surface area contributed by atoms with Crippen molar-refractivity contribution in [3.05, 3.63) is 57.5 Å². The summed E-state index contributed by atoms with van der Waals surface area (Å²) in [6.07, 6.45) is 2.97. The van der Waals surface area contributed by atoms with Crippen LogP contribution >= 0.6 is 27.5 Å². The summed E-state index contributed by atoms with van der Waals surface area (Å²) in [6, 6.07) is 10.8. The van der Waals surface area contributed by atoms with Crippen molar-refractivity contribution in [2.24, 2.45) is 11.8 Å². The summed E-state index contributed by atoms with van der Waals surface area (Å²) in [5.41, 5.74) is -1.18. The lowest BCUT2D eigenvalue weighted by Crippen LogP contribution is -2.64. The van der Waals surface area contributed by atoms with Crippen LogP contribution in [0.2, 0.25) is 5.02 Å². The zero-order chi connectivity index (χ0) is 22.3. The minimum absolute atomic E-state index is 0.0760. The minimum Gasteiger partial charge on any atom is -0.359 e. The van der Waals surface area contributed by atoms with Crippen LogP contribution in [0.3, 0.4) is 0 Å². The fourth-order valence-corrected chi connectivity index (χ4v) is 5.01. The van der Waals surface area contributed by atoms with Gasteiger partial charge in [-0.25, -0.2) is 4.79 Å². The molecule has 0 spiro atoms. The van der Waals surface area contributed by atoms with Gasteiger partial charge in [-0.1, -0.05) is 54.2 Å². The number of anilines is 2. The molecule has 4 atom stereocenters. The molecular weight excluding hydrogens is 482 g/mol. The van der Waals surface area contributed by atoms with Crippen molar-refractivity contribution in [3.8, 4) is 0 Å². The van der Waals surface area contributed by atoms with Crippen molar-refractivity contribution in [2.75, 3.05) is 10.2 Å². The van der Waals surface area contributed by atoms with Gasteiger partial charge in [0.2, 0.25) is 0 Å². The Labute approximate surface area is 195 Å². The molecule has 0 aromatic heterocycles. The van der Waals surface area contributed by atoms with Crippen molar-refractivity contribution in [1.82, 2.24) is 5.32 Å². The topological polar surface area (TPSA) is 81.7 Å². The highest BCUT2D eigenvalue weighted by atomic mass is 79.9. The first-order chi connectivity index (χ1) is 14.7. The number of nitrogens with one attached hydrogen (secondary N) is 2. The number of benzene rings is 2. The average Bonchev–Trinajstić information content (AvgIpc) is 2.73. The van der Waals surface area contributed by atoms with E-state index in [9.17, 15) is 14.7 Å². The standard InChI is InChI=1S/C23H25BrClN3O3/c1-13-4-3-5-19(14(13)2)26-21(29)23(31)18-12-15(24)6-11-20(18)27-22(30)28(23)17-9-7-16(25)8-10-17/h6-14,19,31H,3-5H2,1-2H3,(H,26,29)(H,27,30)/t13-,14-,19-,23-/m1/s1. The second kappa shape index (κ2) is 8.45. The van der Waals surface area contributed by atoms with Crippen LogP contribution in [0.25, 0.3) is 0 Å². The molecule has 0 bridgehead atoms. The third kappa shape index (κ3) is 3.95. The van der Waals surface area contributed by atoms with Gasteiger partial charge in [0.05, 0.1) is 5.69 Å². The van der Waals surface area contributed by atoms with E-state index in [1.54, 1.807) is 42.5 Å². The van der Waals surface area contributed by atoms with E-state index in [0.717, 1.165) is 24.2 Å². The molecule has 2 aromatic carbocycles. The number of rotatable bonds is 3. The van der Waals surface area contributed by atoms with Crippen LogP contribution in [0.5, 0.6) is 0 Å². The molecule has 1 aliphatic carbocycles. The van der Waals surface area contributed by atoms with Gasteiger partial charge in [0, 0.05) is 26.8 Å². The smallest absolute Gasteiger partial charge is 0.329 e. The van der Waals surface area contributed by atoms with Gasteiger partial charge in [0.15, 0.2) is 0 Å². The number of hydrogen-bond donors (Lipinski definition) is 3. The molecular formula is C23H25BrClN3O3. The molecule has 0 radical (unpaired) electrons. The van der Waals surface area contributed by atoms with Crippen molar-refractivity contribution >= 4 is 50.8 Å². The van der Waals surface area contributed by atoms with Crippen LogP contribution in [0, 0.1) is 11.8 Å². The predicted octanol–water partition coefficient (Wildman–Crippen LogP) is 5.24. The number of hydrogen-bond acceptors (Lipinski definition) is 3. The Morgan fingerprint density at radius 2 is 1.94 bits per heavy atom. The lowest BCUT2D eigenvalue weighted by molar-refractivity contribution is -0.141. The Bertz CT molecular complexity index is 1020. The summed E-state index contributed by atoms with van der Waals surface area (Å²) in [7, 11) is 0. The highest BCUT2D eigenvalue weighted by Gasteiger charge is 2.52. The highest BCUT2D eigenvalue weighted by molar-refractivity contribution is 9.10. The van der Waals surface area contributed by atoms with Crippen molar-refractivity contribution in [1.29, 1.82) is 0 Å². The summed E-state index contributed by atoms with van der Waals surface area (Å²) in [6.45, 7) is 4.30.